The number of hydrogen-bond acceptors (Lipinski definition) is 13. The standard InChI is InChI=1S/C22H22O13/c1-32-8-4-9(24)14-12(5-8)33-20(7-2-10(25)15(27)11(26)3-7)21(17(14)29)35-22-19(31)18(30)16(28)13(6-23)34-22/h2-5,13,16,18-19,22-28,30-31H,6H2,1H3. The summed E-state index contributed by atoms with van der Waals surface area (Å²) in [7, 11) is 1.31. The van der Waals surface area contributed by atoms with Crippen LogP contribution in [0.2, 0.25) is 0 Å². The fraction of sp³-hybridized carbons (Fsp3) is 0.318. The molecule has 5 atom stereocenters. The van der Waals surface area contributed by atoms with Gasteiger partial charge in [-0.05, 0) is 12.1 Å². The molecule has 13 nitrogen and oxygen atoms in total. The van der Waals surface area contributed by atoms with Crippen LogP contribution in [-0.4, -0.2) is 85.3 Å². The lowest BCUT2D eigenvalue weighted by atomic mass is 9.99. The van der Waals surface area contributed by atoms with Gasteiger partial charge in [0.15, 0.2) is 23.0 Å². The lowest BCUT2D eigenvalue weighted by Gasteiger charge is -2.39. The first-order chi connectivity index (χ1) is 16.6. The second kappa shape index (κ2) is 9.13. The molecule has 1 saturated heterocycles. The van der Waals surface area contributed by atoms with Gasteiger partial charge in [0.2, 0.25) is 17.5 Å². The monoisotopic (exact) mass is 494 g/mol. The molecule has 1 aromatic heterocycles. The van der Waals surface area contributed by atoms with Crippen molar-refractivity contribution in [3.05, 3.63) is 34.5 Å². The van der Waals surface area contributed by atoms with E-state index in [4.69, 9.17) is 18.6 Å². The Hall–Kier alpha value is -3.75. The molecule has 2 aromatic carbocycles. The van der Waals surface area contributed by atoms with Crippen molar-refractivity contribution < 1.29 is 59.5 Å². The summed E-state index contributed by atoms with van der Waals surface area (Å²) in [5.74, 6) is -3.92. The van der Waals surface area contributed by atoms with Gasteiger partial charge in [0.25, 0.3) is 0 Å². The highest BCUT2D eigenvalue weighted by Crippen LogP contribution is 2.43. The van der Waals surface area contributed by atoms with Gasteiger partial charge in [0.1, 0.15) is 46.9 Å². The maximum Gasteiger partial charge on any atom is 0.239 e. The Morgan fingerprint density at radius 1 is 0.914 bits per heavy atom. The number of phenolic OH excluding ortho intramolecular Hbond substituents is 4. The first-order valence-electron chi connectivity index (χ1n) is 10.2. The molecule has 0 bridgehead atoms. The van der Waals surface area contributed by atoms with Crippen LogP contribution in [0.3, 0.4) is 0 Å². The summed E-state index contributed by atoms with van der Waals surface area (Å²) in [5.41, 5.74) is -1.33. The minimum Gasteiger partial charge on any atom is -0.507 e. The molecule has 188 valence electrons. The molecule has 0 radical (unpaired) electrons. The Labute approximate surface area is 195 Å². The fourth-order valence-electron chi connectivity index (χ4n) is 3.69. The van der Waals surface area contributed by atoms with Crippen molar-refractivity contribution in [2.45, 2.75) is 30.7 Å². The van der Waals surface area contributed by atoms with Crippen LogP contribution in [0.25, 0.3) is 22.3 Å². The summed E-state index contributed by atoms with van der Waals surface area (Å²) in [6.45, 7) is -0.760. The van der Waals surface area contributed by atoms with E-state index in [1.807, 2.05) is 0 Å². The topological polar surface area (TPSA) is 220 Å². The Balaban J connectivity index is 1.94. The van der Waals surface area contributed by atoms with Crippen molar-refractivity contribution in [3.63, 3.8) is 0 Å². The van der Waals surface area contributed by atoms with Gasteiger partial charge < -0.3 is 59.5 Å². The zero-order valence-corrected chi connectivity index (χ0v) is 18.0. The molecule has 4 rings (SSSR count). The number of benzene rings is 2. The maximum absolute atomic E-state index is 13.4. The molecule has 0 spiro atoms. The lowest BCUT2D eigenvalue weighted by Crippen LogP contribution is -2.60. The van der Waals surface area contributed by atoms with Crippen LogP contribution in [0.5, 0.6) is 34.5 Å². The van der Waals surface area contributed by atoms with Crippen molar-refractivity contribution in [1.82, 2.24) is 0 Å². The minimum absolute atomic E-state index is 0.128. The van der Waals surface area contributed by atoms with Gasteiger partial charge in [0.05, 0.1) is 13.7 Å². The quantitative estimate of drug-likeness (QED) is 0.209. The van der Waals surface area contributed by atoms with E-state index >= 15 is 0 Å². The van der Waals surface area contributed by atoms with Gasteiger partial charge in [-0.15, -0.1) is 0 Å². The second-order valence-corrected chi connectivity index (χ2v) is 7.79. The maximum atomic E-state index is 13.4. The van der Waals surface area contributed by atoms with Gasteiger partial charge in [-0.3, -0.25) is 4.79 Å². The number of rotatable bonds is 5. The molecule has 1 aliphatic heterocycles. The fourth-order valence-corrected chi connectivity index (χ4v) is 3.69. The van der Waals surface area contributed by atoms with E-state index in [1.54, 1.807) is 0 Å². The zero-order valence-electron chi connectivity index (χ0n) is 18.0. The zero-order chi connectivity index (χ0) is 25.6. The molecule has 0 saturated carbocycles. The molecule has 3 aromatic rings. The highest BCUT2D eigenvalue weighted by atomic mass is 16.7. The van der Waals surface area contributed by atoms with Crippen LogP contribution in [0, 0.1) is 0 Å². The molecule has 0 aliphatic carbocycles. The van der Waals surface area contributed by atoms with Crippen molar-refractivity contribution in [2.75, 3.05) is 13.7 Å². The average molecular weight is 494 g/mol. The molecule has 0 amide bonds. The van der Waals surface area contributed by atoms with Gasteiger partial charge in [-0.25, -0.2) is 0 Å². The molecule has 1 fully saturated rings. The van der Waals surface area contributed by atoms with E-state index in [1.165, 1.54) is 13.2 Å². The molecular weight excluding hydrogens is 472 g/mol. The Morgan fingerprint density at radius 3 is 2.17 bits per heavy atom. The van der Waals surface area contributed by atoms with Crippen LogP contribution < -0.4 is 14.9 Å². The van der Waals surface area contributed by atoms with Gasteiger partial charge >= 0.3 is 0 Å². The normalized spacial score (nSPS) is 24.4. The molecule has 5 unspecified atom stereocenters. The minimum atomic E-state index is -1.89. The number of methoxy groups -OCH3 is 1. The SMILES string of the molecule is COc1cc(O)c2c(=O)c(OC3OC(CO)C(O)C(O)C3O)c(-c3cc(O)c(O)c(O)c3)oc2c1. The average Bonchev–Trinajstić information content (AvgIpc) is 2.83. The Morgan fingerprint density at radius 2 is 1.57 bits per heavy atom. The van der Waals surface area contributed by atoms with Crippen molar-refractivity contribution in [1.29, 1.82) is 0 Å². The van der Waals surface area contributed by atoms with Crippen molar-refractivity contribution >= 4 is 11.0 Å². The summed E-state index contributed by atoms with van der Waals surface area (Å²) in [6, 6.07) is 4.30. The Kier molecular flexibility index (Phi) is 6.36. The highest BCUT2D eigenvalue weighted by Gasteiger charge is 2.45. The van der Waals surface area contributed by atoms with Gasteiger partial charge in [0, 0.05) is 17.7 Å². The number of aromatic hydroxyl groups is 4. The third-order valence-corrected chi connectivity index (χ3v) is 5.56. The smallest absolute Gasteiger partial charge is 0.239 e. The molecule has 8 N–H and O–H groups in total. The first kappa shape index (κ1) is 24.4. The summed E-state index contributed by atoms with van der Waals surface area (Å²) in [5, 5.41) is 79.4. The number of aliphatic hydroxyl groups is 4. The third kappa shape index (κ3) is 4.15. The van der Waals surface area contributed by atoms with Crippen LogP contribution in [-0.2, 0) is 4.74 Å². The number of ether oxygens (including phenoxy) is 3. The number of aliphatic hydroxyl groups excluding tert-OH is 4. The van der Waals surface area contributed by atoms with E-state index < -0.39 is 77.2 Å². The summed E-state index contributed by atoms with van der Waals surface area (Å²) in [4.78, 5) is 13.4. The van der Waals surface area contributed by atoms with Crippen LogP contribution in [0.1, 0.15) is 0 Å². The molecule has 1 aliphatic rings. The number of hydrogen-bond donors (Lipinski definition) is 8. The number of phenols is 4. The highest BCUT2D eigenvalue weighted by molar-refractivity contribution is 5.88. The molecular formula is C22H22O13. The van der Waals surface area contributed by atoms with E-state index in [-0.39, 0.29) is 22.3 Å². The summed E-state index contributed by atoms with van der Waals surface area (Å²) < 4.78 is 21.6. The van der Waals surface area contributed by atoms with E-state index in [9.17, 15) is 45.6 Å². The van der Waals surface area contributed by atoms with Gasteiger partial charge in [-0.2, -0.15) is 0 Å². The van der Waals surface area contributed by atoms with Crippen LogP contribution >= 0.6 is 0 Å². The summed E-state index contributed by atoms with van der Waals surface area (Å²) >= 11 is 0. The molecule has 13 heteroatoms. The van der Waals surface area contributed by atoms with Crippen LogP contribution in [0.4, 0.5) is 0 Å². The first-order valence-corrected chi connectivity index (χ1v) is 10.2. The number of fused-ring (bicyclic) bond motifs is 1. The van der Waals surface area contributed by atoms with Crippen LogP contribution in [0.15, 0.2) is 33.5 Å². The predicted molar refractivity (Wildman–Crippen MR) is 116 cm³/mol. The van der Waals surface area contributed by atoms with E-state index in [2.05, 4.69) is 0 Å². The summed E-state index contributed by atoms with van der Waals surface area (Å²) in [6.07, 6.45) is -8.55. The van der Waals surface area contributed by atoms with E-state index in [0.29, 0.717) is 0 Å². The molecule has 2 heterocycles. The van der Waals surface area contributed by atoms with Crippen molar-refractivity contribution in [3.8, 4) is 45.8 Å². The van der Waals surface area contributed by atoms with Gasteiger partial charge in [-0.1, -0.05) is 0 Å². The third-order valence-electron chi connectivity index (χ3n) is 5.56. The van der Waals surface area contributed by atoms with E-state index in [0.717, 1.165) is 18.2 Å². The molecule has 35 heavy (non-hydrogen) atoms. The largest absolute Gasteiger partial charge is 0.507 e. The lowest BCUT2D eigenvalue weighted by molar-refractivity contribution is -0.277. The second-order valence-electron chi connectivity index (χ2n) is 7.79. The Bertz CT molecular complexity index is 1290. The predicted octanol–water partition coefficient (Wildman–Crippen LogP) is -0.530. The van der Waals surface area contributed by atoms with Crippen molar-refractivity contribution in [2.24, 2.45) is 0 Å².